The molecule has 6 nitrogen and oxygen atoms in total. The summed E-state index contributed by atoms with van der Waals surface area (Å²) in [6.07, 6.45) is 0.724. The van der Waals surface area contributed by atoms with Gasteiger partial charge >= 0.3 is 6.03 Å². The molecule has 1 saturated heterocycles. The Kier molecular flexibility index (Phi) is 6.43. The lowest BCUT2D eigenvalue weighted by Gasteiger charge is -2.45. The number of urea groups is 1. The topological polar surface area (TPSA) is 69.7 Å². The summed E-state index contributed by atoms with van der Waals surface area (Å²) < 4.78 is 0. The van der Waals surface area contributed by atoms with E-state index in [9.17, 15) is 14.4 Å². The Morgan fingerprint density at radius 2 is 1.80 bits per heavy atom. The summed E-state index contributed by atoms with van der Waals surface area (Å²) in [7, 11) is 0. The van der Waals surface area contributed by atoms with Crippen molar-refractivity contribution in [2.75, 3.05) is 18.0 Å². The molecule has 0 aliphatic carbocycles. The highest BCUT2D eigenvalue weighted by molar-refractivity contribution is 6.35. The zero-order valence-electron chi connectivity index (χ0n) is 16.8. The minimum Gasteiger partial charge on any atom is -0.357 e. The first-order chi connectivity index (χ1) is 14.3. The molecule has 3 rings (SSSR count). The Balaban J connectivity index is 1.86. The summed E-state index contributed by atoms with van der Waals surface area (Å²) in [5.74, 6) is 5.76. The minimum atomic E-state index is -0.664. The third-order valence-corrected chi connectivity index (χ3v) is 5.17. The Morgan fingerprint density at radius 1 is 1.10 bits per heavy atom. The zero-order valence-corrected chi connectivity index (χ0v) is 17.6. The monoisotopic (exact) mass is 423 g/mol. The van der Waals surface area contributed by atoms with E-state index in [0.29, 0.717) is 24.2 Å². The van der Waals surface area contributed by atoms with Crippen LogP contribution in [-0.2, 0) is 9.59 Å². The molecule has 0 bridgehead atoms. The fourth-order valence-corrected chi connectivity index (χ4v) is 3.60. The van der Waals surface area contributed by atoms with E-state index in [1.165, 1.54) is 0 Å². The van der Waals surface area contributed by atoms with Crippen LogP contribution in [0.5, 0.6) is 0 Å². The molecule has 154 valence electrons. The molecule has 1 aliphatic rings. The van der Waals surface area contributed by atoms with Gasteiger partial charge in [0.05, 0.1) is 17.1 Å². The molecule has 30 heavy (non-hydrogen) atoms. The highest BCUT2D eigenvalue weighted by atomic mass is 35.5. The number of amides is 4. The van der Waals surface area contributed by atoms with Crippen LogP contribution in [0.15, 0.2) is 48.5 Å². The van der Waals surface area contributed by atoms with Gasteiger partial charge in [0.2, 0.25) is 12.3 Å². The summed E-state index contributed by atoms with van der Waals surface area (Å²) in [6, 6.07) is 14.1. The molecule has 0 radical (unpaired) electrons. The molecule has 1 fully saturated rings. The first kappa shape index (κ1) is 21.4. The number of hydrogen-bond acceptors (Lipinski definition) is 3. The van der Waals surface area contributed by atoms with Crippen molar-refractivity contribution >= 4 is 35.6 Å². The van der Waals surface area contributed by atoms with Crippen LogP contribution >= 0.6 is 11.6 Å². The lowest BCUT2D eigenvalue weighted by molar-refractivity contribution is -0.122. The number of benzene rings is 2. The first-order valence-corrected chi connectivity index (χ1v) is 9.89. The minimum absolute atomic E-state index is 0.145. The van der Waals surface area contributed by atoms with Gasteiger partial charge in [-0.25, -0.2) is 9.69 Å². The van der Waals surface area contributed by atoms with E-state index >= 15 is 0 Å². The predicted octanol–water partition coefficient (Wildman–Crippen LogP) is 3.42. The van der Waals surface area contributed by atoms with Crippen LogP contribution in [0.2, 0.25) is 5.02 Å². The maximum atomic E-state index is 13.1. The molecule has 0 saturated carbocycles. The Morgan fingerprint density at radius 3 is 2.47 bits per heavy atom. The van der Waals surface area contributed by atoms with Gasteiger partial charge in [0.1, 0.15) is 0 Å². The normalized spacial score (nSPS) is 15.4. The number of carbonyl (C=O) groups is 3. The third-order valence-electron chi connectivity index (χ3n) is 4.86. The van der Waals surface area contributed by atoms with Crippen molar-refractivity contribution in [2.24, 2.45) is 0 Å². The maximum absolute atomic E-state index is 13.1. The van der Waals surface area contributed by atoms with Crippen molar-refractivity contribution in [1.82, 2.24) is 10.2 Å². The third kappa shape index (κ3) is 4.64. The van der Waals surface area contributed by atoms with E-state index in [4.69, 9.17) is 11.6 Å². The number of nitrogens with zero attached hydrogens (tertiary/aromatic N) is 2. The molecular formula is C23H22ClN3O3. The van der Waals surface area contributed by atoms with Gasteiger partial charge in [-0.3, -0.25) is 9.59 Å². The van der Waals surface area contributed by atoms with Gasteiger partial charge in [0.25, 0.3) is 0 Å². The quantitative estimate of drug-likeness (QED) is 0.455. The molecule has 0 unspecified atom stereocenters. The zero-order chi connectivity index (χ0) is 21.7. The molecule has 2 aromatic carbocycles. The average Bonchev–Trinajstić information content (AvgIpc) is 2.70. The number of rotatable bonds is 5. The molecule has 1 N–H and O–H groups in total. The number of nitrogens with one attached hydrogen (secondary N) is 1. The first-order valence-electron chi connectivity index (χ1n) is 9.52. The SMILES string of the molecule is CC1(C)CC(=O)N(c2ccc(C#Cc3ccccc3)cc2Cl)C(=O)N1CCNC=O. The average molecular weight is 424 g/mol. The van der Waals surface area contributed by atoms with Gasteiger partial charge in [0, 0.05) is 29.8 Å². The number of hydrogen-bond donors (Lipinski definition) is 1. The van der Waals surface area contributed by atoms with E-state index in [1.54, 1.807) is 23.1 Å². The van der Waals surface area contributed by atoms with E-state index in [0.717, 1.165) is 10.5 Å². The number of imide groups is 1. The fourth-order valence-electron chi connectivity index (χ4n) is 3.33. The Labute approximate surface area is 180 Å². The van der Waals surface area contributed by atoms with Gasteiger partial charge in [-0.15, -0.1) is 0 Å². The molecule has 4 amide bonds. The van der Waals surface area contributed by atoms with Crippen molar-refractivity contribution in [3.05, 3.63) is 64.7 Å². The summed E-state index contributed by atoms with van der Waals surface area (Å²) in [5.41, 5.74) is 1.21. The van der Waals surface area contributed by atoms with Gasteiger partial charge < -0.3 is 10.2 Å². The summed E-state index contributed by atoms with van der Waals surface area (Å²) >= 11 is 6.43. The molecule has 1 aliphatic heterocycles. The second-order valence-electron chi connectivity index (χ2n) is 7.51. The van der Waals surface area contributed by atoms with Crippen LogP contribution < -0.4 is 10.2 Å². The largest absolute Gasteiger partial charge is 0.357 e. The molecule has 1 heterocycles. The highest BCUT2D eigenvalue weighted by Gasteiger charge is 2.44. The summed E-state index contributed by atoms with van der Waals surface area (Å²) in [4.78, 5) is 39.1. The summed E-state index contributed by atoms with van der Waals surface area (Å²) in [6.45, 7) is 4.23. The molecule has 0 aromatic heterocycles. The number of halogens is 1. The van der Waals surface area contributed by atoms with E-state index < -0.39 is 11.6 Å². The van der Waals surface area contributed by atoms with E-state index in [1.807, 2.05) is 44.2 Å². The van der Waals surface area contributed by atoms with Gasteiger partial charge in [0.15, 0.2) is 0 Å². The number of carbonyl (C=O) groups excluding carboxylic acids is 3. The van der Waals surface area contributed by atoms with Crippen molar-refractivity contribution in [1.29, 1.82) is 0 Å². The number of anilines is 1. The Bertz CT molecular complexity index is 1020. The molecular weight excluding hydrogens is 402 g/mol. The van der Waals surface area contributed by atoms with Crippen LogP contribution in [0.25, 0.3) is 0 Å². The van der Waals surface area contributed by atoms with Crippen LogP contribution in [0, 0.1) is 11.8 Å². The molecule has 7 heteroatoms. The van der Waals surface area contributed by atoms with Gasteiger partial charge in [-0.2, -0.15) is 0 Å². The van der Waals surface area contributed by atoms with Crippen LogP contribution in [-0.4, -0.2) is 41.9 Å². The van der Waals surface area contributed by atoms with Crippen LogP contribution in [0.3, 0.4) is 0 Å². The van der Waals surface area contributed by atoms with E-state index in [-0.39, 0.29) is 23.9 Å². The van der Waals surface area contributed by atoms with Crippen molar-refractivity contribution < 1.29 is 14.4 Å². The lowest BCUT2D eigenvalue weighted by Crippen LogP contribution is -2.62. The second kappa shape index (κ2) is 9.02. The maximum Gasteiger partial charge on any atom is 0.331 e. The lowest BCUT2D eigenvalue weighted by atomic mass is 9.94. The van der Waals surface area contributed by atoms with Crippen LogP contribution in [0.4, 0.5) is 10.5 Å². The standard InChI is InChI=1S/C23H22ClN3O3/c1-23(2)15-21(29)27(22(30)26(23)13-12-25-16-28)20-11-10-18(14-19(20)24)9-8-17-6-4-3-5-7-17/h3-7,10-11,14,16H,12-13,15H2,1-2H3,(H,25,28). The second-order valence-corrected chi connectivity index (χ2v) is 7.91. The fraction of sp³-hybridized carbons (Fsp3) is 0.261. The van der Waals surface area contributed by atoms with Gasteiger partial charge in [-0.05, 0) is 44.2 Å². The summed E-state index contributed by atoms with van der Waals surface area (Å²) in [5, 5.41) is 2.81. The van der Waals surface area contributed by atoms with Crippen molar-refractivity contribution in [3.8, 4) is 11.8 Å². The molecule has 2 aromatic rings. The van der Waals surface area contributed by atoms with Gasteiger partial charge in [-0.1, -0.05) is 41.6 Å². The van der Waals surface area contributed by atoms with Crippen molar-refractivity contribution in [3.63, 3.8) is 0 Å². The highest BCUT2D eigenvalue weighted by Crippen LogP contribution is 2.34. The van der Waals surface area contributed by atoms with Crippen molar-refractivity contribution in [2.45, 2.75) is 25.8 Å². The smallest absolute Gasteiger partial charge is 0.331 e. The molecule has 0 spiro atoms. The van der Waals surface area contributed by atoms with E-state index in [2.05, 4.69) is 17.2 Å². The Hall–Kier alpha value is -3.30. The van der Waals surface area contributed by atoms with Crippen LogP contribution in [0.1, 0.15) is 31.4 Å². The molecule has 0 atom stereocenters. The predicted molar refractivity (Wildman–Crippen MR) is 116 cm³/mol.